The van der Waals surface area contributed by atoms with Crippen LogP contribution in [0.2, 0.25) is 0 Å². The Kier molecular flexibility index (Phi) is 4.88. The Balaban J connectivity index is 1.78. The van der Waals surface area contributed by atoms with E-state index in [1.807, 2.05) is 0 Å². The molecule has 0 saturated carbocycles. The number of carbonyl (C=O) groups excluding carboxylic acids is 1. The van der Waals surface area contributed by atoms with Crippen molar-refractivity contribution >= 4 is 23.6 Å². The van der Waals surface area contributed by atoms with E-state index in [0.717, 1.165) is 5.56 Å². The van der Waals surface area contributed by atoms with Crippen LogP contribution in [-0.2, 0) is 18.4 Å². The molecule has 0 unspecified atom stereocenters. The third-order valence-corrected chi connectivity index (χ3v) is 3.61. The van der Waals surface area contributed by atoms with Crippen molar-refractivity contribution in [2.45, 2.75) is 11.7 Å². The van der Waals surface area contributed by atoms with Crippen LogP contribution in [0.4, 0.5) is 0 Å². The number of carboxylic acid groups (broad SMARTS) is 1. The van der Waals surface area contributed by atoms with Gasteiger partial charge in [-0.3, -0.25) is 4.79 Å². The number of nitrogens with one attached hydrogen (secondary N) is 1. The minimum Gasteiger partial charge on any atom is -0.478 e. The monoisotopic (exact) mass is 307 g/mol. The van der Waals surface area contributed by atoms with Crippen molar-refractivity contribution in [2.75, 3.05) is 5.75 Å². The van der Waals surface area contributed by atoms with Crippen LogP contribution in [0.15, 0.2) is 29.4 Å². The minimum absolute atomic E-state index is 0.148. The van der Waals surface area contributed by atoms with Crippen LogP contribution in [0.5, 0.6) is 0 Å². The second-order valence-electron chi connectivity index (χ2n) is 4.15. The van der Waals surface area contributed by atoms with Crippen LogP contribution < -0.4 is 5.32 Å². The van der Waals surface area contributed by atoms with Crippen molar-refractivity contribution in [3.63, 3.8) is 0 Å². The Morgan fingerprint density at radius 1 is 1.33 bits per heavy atom. The molecule has 2 N–H and O–H groups in total. The molecule has 0 spiro atoms. The topological polar surface area (TPSA) is 110 Å². The standard InChI is InChI=1S/C12H13N5O3S/c1-17-12(14-15-16-17)21-7-10(18)13-6-8-2-4-9(5-3-8)11(19)20/h2-5H,6-7H2,1H3,(H,13,18)(H,19,20). The summed E-state index contributed by atoms with van der Waals surface area (Å²) in [6, 6.07) is 6.35. The summed E-state index contributed by atoms with van der Waals surface area (Å²) in [6.45, 7) is 0.344. The number of hydrogen-bond donors (Lipinski definition) is 2. The highest BCUT2D eigenvalue weighted by Gasteiger charge is 2.08. The summed E-state index contributed by atoms with van der Waals surface area (Å²) in [5, 5.41) is 23.0. The summed E-state index contributed by atoms with van der Waals surface area (Å²) in [5.74, 6) is -0.911. The molecule has 0 atom stereocenters. The number of carboxylic acids is 1. The zero-order valence-electron chi connectivity index (χ0n) is 11.2. The number of aromatic carboxylic acids is 1. The van der Waals surface area contributed by atoms with Crippen molar-refractivity contribution < 1.29 is 14.7 Å². The number of aryl methyl sites for hydroxylation is 1. The SMILES string of the molecule is Cn1nnnc1SCC(=O)NCc1ccc(C(=O)O)cc1. The fourth-order valence-electron chi connectivity index (χ4n) is 1.49. The van der Waals surface area contributed by atoms with Gasteiger partial charge >= 0.3 is 5.97 Å². The second-order valence-corrected chi connectivity index (χ2v) is 5.10. The normalized spacial score (nSPS) is 10.3. The largest absolute Gasteiger partial charge is 0.478 e. The number of amides is 1. The maximum absolute atomic E-state index is 11.7. The first-order valence-electron chi connectivity index (χ1n) is 6.00. The molecule has 2 aromatic rings. The van der Waals surface area contributed by atoms with Crippen LogP contribution in [0, 0.1) is 0 Å². The minimum atomic E-state index is -0.973. The lowest BCUT2D eigenvalue weighted by Gasteiger charge is -2.05. The quantitative estimate of drug-likeness (QED) is 0.739. The number of rotatable bonds is 6. The van der Waals surface area contributed by atoms with E-state index in [0.29, 0.717) is 11.7 Å². The number of tetrazole rings is 1. The highest BCUT2D eigenvalue weighted by molar-refractivity contribution is 7.99. The van der Waals surface area contributed by atoms with Gasteiger partial charge in [0, 0.05) is 13.6 Å². The van der Waals surface area contributed by atoms with E-state index in [1.165, 1.54) is 28.6 Å². The van der Waals surface area contributed by atoms with Gasteiger partial charge in [-0.25, -0.2) is 9.48 Å². The fourth-order valence-corrected chi connectivity index (χ4v) is 2.17. The maximum atomic E-state index is 11.7. The Morgan fingerprint density at radius 2 is 2.05 bits per heavy atom. The van der Waals surface area contributed by atoms with E-state index in [9.17, 15) is 9.59 Å². The van der Waals surface area contributed by atoms with Gasteiger partial charge in [-0.15, -0.1) is 5.10 Å². The molecule has 21 heavy (non-hydrogen) atoms. The number of hydrogen-bond acceptors (Lipinski definition) is 6. The van der Waals surface area contributed by atoms with E-state index < -0.39 is 5.97 Å². The maximum Gasteiger partial charge on any atom is 0.335 e. The molecule has 1 aromatic heterocycles. The lowest BCUT2D eigenvalue weighted by atomic mass is 10.1. The molecule has 0 saturated heterocycles. The summed E-state index contributed by atoms with van der Waals surface area (Å²) in [7, 11) is 1.70. The van der Waals surface area contributed by atoms with Gasteiger partial charge in [-0.2, -0.15) is 0 Å². The average molecular weight is 307 g/mol. The van der Waals surface area contributed by atoms with Gasteiger partial charge in [-0.05, 0) is 28.1 Å². The van der Waals surface area contributed by atoms with Crippen LogP contribution in [0.3, 0.4) is 0 Å². The highest BCUT2D eigenvalue weighted by Crippen LogP contribution is 2.11. The molecular weight excluding hydrogens is 294 g/mol. The molecule has 0 aliphatic rings. The second kappa shape index (κ2) is 6.84. The summed E-state index contributed by atoms with van der Waals surface area (Å²) >= 11 is 1.24. The first-order chi connectivity index (χ1) is 10.1. The molecule has 110 valence electrons. The van der Waals surface area contributed by atoms with Crippen molar-refractivity contribution in [3.8, 4) is 0 Å². The molecule has 0 aliphatic carbocycles. The Hall–Kier alpha value is -2.42. The van der Waals surface area contributed by atoms with E-state index in [-0.39, 0.29) is 17.2 Å². The smallest absolute Gasteiger partial charge is 0.335 e. The average Bonchev–Trinajstić information content (AvgIpc) is 2.88. The lowest BCUT2D eigenvalue weighted by Crippen LogP contribution is -2.24. The van der Waals surface area contributed by atoms with E-state index in [4.69, 9.17) is 5.11 Å². The van der Waals surface area contributed by atoms with E-state index in [1.54, 1.807) is 19.2 Å². The molecular formula is C12H13N5O3S. The molecule has 1 heterocycles. The number of benzene rings is 1. The van der Waals surface area contributed by atoms with Crippen molar-refractivity contribution in [3.05, 3.63) is 35.4 Å². The van der Waals surface area contributed by atoms with Gasteiger partial charge in [0.05, 0.1) is 11.3 Å². The zero-order chi connectivity index (χ0) is 15.2. The molecule has 0 fully saturated rings. The molecule has 0 bridgehead atoms. The van der Waals surface area contributed by atoms with Crippen molar-refractivity contribution in [2.24, 2.45) is 7.05 Å². The zero-order valence-corrected chi connectivity index (χ0v) is 12.0. The van der Waals surface area contributed by atoms with E-state index in [2.05, 4.69) is 20.8 Å². The van der Waals surface area contributed by atoms with Gasteiger partial charge < -0.3 is 10.4 Å². The predicted octanol–water partition coefficient (Wildman–Crippen LogP) is 0.317. The molecule has 9 heteroatoms. The molecule has 8 nitrogen and oxygen atoms in total. The molecule has 1 aromatic carbocycles. The van der Waals surface area contributed by atoms with Crippen LogP contribution in [0.25, 0.3) is 0 Å². The summed E-state index contributed by atoms with van der Waals surface area (Å²) in [5.41, 5.74) is 1.05. The first-order valence-corrected chi connectivity index (χ1v) is 6.99. The molecule has 1 amide bonds. The molecule has 0 radical (unpaired) electrons. The summed E-state index contributed by atoms with van der Waals surface area (Å²) < 4.78 is 1.49. The molecule has 0 aliphatic heterocycles. The Labute approximate surface area is 124 Å². The first kappa shape index (κ1) is 15.0. The fraction of sp³-hybridized carbons (Fsp3) is 0.250. The van der Waals surface area contributed by atoms with Gasteiger partial charge in [0.2, 0.25) is 11.1 Å². The van der Waals surface area contributed by atoms with Gasteiger partial charge in [0.15, 0.2) is 0 Å². The van der Waals surface area contributed by atoms with Crippen LogP contribution in [0.1, 0.15) is 15.9 Å². The van der Waals surface area contributed by atoms with Crippen molar-refractivity contribution in [1.82, 2.24) is 25.5 Å². The van der Waals surface area contributed by atoms with Crippen LogP contribution >= 0.6 is 11.8 Å². The molecule has 2 rings (SSSR count). The summed E-state index contributed by atoms with van der Waals surface area (Å²) in [6.07, 6.45) is 0. The van der Waals surface area contributed by atoms with Crippen LogP contribution in [-0.4, -0.2) is 42.9 Å². The number of aromatic nitrogens is 4. The van der Waals surface area contributed by atoms with Crippen molar-refractivity contribution in [1.29, 1.82) is 0 Å². The Morgan fingerprint density at radius 3 is 2.62 bits per heavy atom. The number of carbonyl (C=O) groups is 2. The third-order valence-electron chi connectivity index (χ3n) is 2.60. The predicted molar refractivity (Wildman–Crippen MR) is 74.8 cm³/mol. The number of thioether (sulfide) groups is 1. The Bertz CT molecular complexity index is 641. The summed E-state index contributed by atoms with van der Waals surface area (Å²) in [4.78, 5) is 22.4. The van der Waals surface area contributed by atoms with E-state index >= 15 is 0 Å². The lowest BCUT2D eigenvalue weighted by molar-refractivity contribution is -0.118. The highest BCUT2D eigenvalue weighted by atomic mass is 32.2. The van der Waals surface area contributed by atoms with Gasteiger partial charge in [0.25, 0.3) is 0 Å². The third kappa shape index (κ3) is 4.28. The van der Waals surface area contributed by atoms with Gasteiger partial charge in [0.1, 0.15) is 0 Å². The number of nitrogens with zero attached hydrogens (tertiary/aromatic N) is 4. The van der Waals surface area contributed by atoms with Gasteiger partial charge in [-0.1, -0.05) is 23.9 Å².